The Kier molecular flexibility index (Phi) is 8.18. The van der Waals surface area contributed by atoms with Gasteiger partial charge >= 0.3 is 0 Å². The third-order valence-corrected chi connectivity index (χ3v) is 6.49. The van der Waals surface area contributed by atoms with E-state index >= 15 is 0 Å². The highest BCUT2D eigenvalue weighted by atomic mass is 32.2. The third kappa shape index (κ3) is 5.54. The number of nitrogens with zero attached hydrogens (tertiary/aromatic N) is 1. The van der Waals surface area contributed by atoms with Gasteiger partial charge in [0.2, 0.25) is 0 Å². The van der Waals surface area contributed by atoms with Crippen molar-refractivity contribution in [1.29, 1.82) is 0 Å². The van der Waals surface area contributed by atoms with E-state index in [9.17, 15) is 8.42 Å². The summed E-state index contributed by atoms with van der Waals surface area (Å²) in [4.78, 5) is 1.10. The molecule has 120 valence electrons. The summed E-state index contributed by atoms with van der Waals surface area (Å²) in [6.07, 6.45) is 4.41. The second-order valence-corrected chi connectivity index (χ2v) is 8.21. The van der Waals surface area contributed by atoms with Crippen molar-refractivity contribution in [3.8, 4) is 0 Å². The zero-order valence-electron chi connectivity index (χ0n) is 13.0. The van der Waals surface area contributed by atoms with Crippen LogP contribution in [0.1, 0.15) is 31.6 Å². The van der Waals surface area contributed by atoms with E-state index in [1.165, 1.54) is 15.6 Å². The zero-order valence-corrected chi connectivity index (χ0v) is 14.6. The molecule has 0 radical (unpaired) electrons. The van der Waals surface area contributed by atoms with Crippen LogP contribution in [0, 0.1) is 0 Å². The number of hydrogen-bond donors (Lipinski definition) is 1. The lowest BCUT2D eigenvalue weighted by Gasteiger charge is -2.18. The smallest absolute Gasteiger partial charge is 0.252 e. The molecule has 0 bridgehead atoms. The first-order valence-electron chi connectivity index (χ1n) is 7.46. The molecule has 0 atom stereocenters. The van der Waals surface area contributed by atoms with Crippen LogP contribution in [0.4, 0.5) is 0 Å². The molecule has 0 amide bonds. The first-order valence-corrected chi connectivity index (χ1v) is 9.72. The van der Waals surface area contributed by atoms with Crippen LogP contribution in [0.25, 0.3) is 0 Å². The van der Waals surface area contributed by atoms with Crippen LogP contribution in [0.15, 0.2) is 29.0 Å². The first kappa shape index (κ1) is 18.4. The number of nitrogens with one attached hydrogen (secondary N) is 1. The van der Waals surface area contributed by atoms with Crippen molar-refractivity contribution >= 4 is 21.4 Å². The Hall–Kier alpha value is -0.690. The van der Waals surface area contributed by atoms with E-state index in [-0.39, 0.29) is 0 Å². The number of hydrogen-bond acceptors (Lipinski definition) is 4. The van der Waals surface area contributed by atoms with Gasteiger partial charge in [0.1, 0.15) is 4.21 Å². The highest BCUT2D eigenvalue weighted by molar-refractivity contribution is 7.91. The first-order chi connectivity index (χ1) is 10.1. The van der Waals surface area contributed by atoms with Gasteiger partial charge in [-0.15, -0.1) is 17.9 Å². The molecule has 0 spiro atoms. The lowest BCUT2D eigenvalue weighted by molar-refractivity contribution is 0.443. The Balaban J connectivity index is 2.74. The van der Waals surface area contributed by atoms with Gasteiger partial charge in [-0.2, -0.15) is 4.31 Å². The van der Waals surface area contributed by atoms with Crippen molar-refractivity contribution in [2.75, 3.05) is 26.2 Å². The average molecular weight is 331 g/mol. The minimum atomic E-state index is -3.38. The maximum Gasteiger partial charge on any atom is 0.252 e. The molecule has 0 fully saturated rings. The van der Waals surface area contributed by atoms with Crippen molar-refractivity contribution in [1.82, 2.24) is 9.62 Å². The molecular weight excluding hydrogens is 304 g/mol. The average Bonchev–Trinajstić information content (AvgIpc) is 2.93. The van der Waals surface area contributed by atoms with E-state index in [1.54, 1.807) is 12.1 Å². The third-order valence-electron chi connectivity index (χ3n) is 3.01. The number of rotatable bonds is 11. The number of sulfonamides is 1. The molecule has 0 aliphatic heterocycles. The fourth-order valence-electron chi connectivity index (χ4n) is 1.97. The van der Waals surface area contributed by atoms with Crippen LogP contribution in [0.5, 0.6) is 0 Å². The monoisotopic (exact) mass is 330 g/mol. The molecule has 0 aliphatic rings. The molecule has 21 heavy (non-hydrogen) atoms. The minimum absolute atomic E-state index is 0.363. The fraction of sp³-hybridized carbons (Fsp3) is 0.600. The molecule has 0 aliphatic carbocycles. The molecule has 6 heteroatoms. The second kappa shape index (κ2) is 9.35. The van der Waals surface area contributed by atoms with Gasteiger partial charge in [0, 0.05) is 18.0 Å². The van der Waals surface area contributed by atoms with Gasteiger partial charge in [0.25, 0.3) is 10.0 Å². The van der Waals surface area contributed by atoms with Gasteiger partial charge < -0.3 is 5.32 Å². The number of thiophene rings is 1. The van der Waals surface area contributed by atoms with E-state index in [4.69, 9.17) is 0 Å². The molecule has 1 aromatic heterocycles. The Labute approximate surface area is 132 Å². The zero-order chi connectivity index (χ0) is 15.7. The van der Waals surface area contributed by atoms with Gasteiger partial charge in [0.05, 0.1) is 0 Å². The maximum atomic E-state index is 12.6. The molecule has 0 saturated heterocycles. The Morgan fingerprint density at radius 3 is 2.67 bits per heavy atom. The van der Waals surface area contributed by atoms with Crippen LogP contribution >= 0.6 is 11.3 Å². The summed E-state index contributed by atoms with van der Waals surface area (Å²) in [6.45, 7) is 10.5. The quantitative estimate of drug-likeness (QED) is 0.501. The summed E-state index contributed by atoms with van der Waals surface area (Å²) in [5.74, 6) is 0. The maximum absolute atomic E-state index is 12.6. The van der Waals surface area contributed by atoms with Crippen LogP contribution in [-0.2, 0) is 16.4 Å². The van der Waals surface area contributed by atoms with E-state index in [2.05, 4.69) is 18.8 Å². The van der Waals surface area contributed by atoms with Gasteiger partial charge in [-0.25, -0.2) is 8.42 Å². The molecule has 1 N–H and O–H groups in total. The fourth-order valence-corrected chi connectivity index (χ4v) is 4.99. The Bertz CT molecular complexity index is 524. The molecule has 1 rings (SSSR count). The largest absolute Gasteiger partial charge is 0.316 e. The minimum Gasteiger partial charge on any atom is -0.316 e. The molecule has 1 heterocycles. The summed E-state index contributed by atoms with van der Waals surface area (Å²) < 4.78 is 27.1. The van der Waals surface area contributed by atoms with Gasteiger partial charge in [-0.3, -0.25) is 0 Å². The van der Waals surface area contributed by atoms with E-state index in [0.29, 0.717) is 17.3 Å². The summed E-state index contributed by atoms with van der Waals surface area (Å²) >= 11 is 1.37. The lowest BCUT2D eigenvalue weighted by atomic mass is 10.3. The topological polar surface area (TPSA) is 49.4 Å². The van der Waals surface area contributed by atoms with Crippen LogP contribution in [-0.4, -0.2) is 38.9 Å². The summed E-state index contributed by atoms with van der Waals surface area (Å²) in [6, 6.07) is 3.64. The van der Waals surface area contributed by atoms with E-state index in [1.807, 2.05) is 13.0 Å². The highest BCUT2D eigenvalue weighted by Gasteiger charge is 2.24. The van der Waals surface area contributed by atoms with Crippen molar-refractivity contribution in [3.05, 3.63) is 29.7 Å². The molecule has 0 saturated carbocycles. The molecular formula is C15H26N2O2S2. The van der Waals surface area contributed by atoms with Crippen molar-refractivity contribution in [2.45, 2.75) is 37.3 Å². The predicted molar refractivity (Wildman–Crippen MR) is 90.4 cm³/mol. The summed E-state index contributed by atoms with van der Waals surface area (Å²) in [5.41, 5.74) is 0. The van der Waals surface area contributed by atoms with Crippen LogP contribution < -0.4 is 5.32 Å². The second-order valence-electron chi connectivity index (χ2n) is 4.87. The van der Waals surface area contributed by atoms with Gasteiger partial charge in [-0.05, 0) is 44.5 Å². The highest BCUT2D eigenvalue weighted by Crippen LogP contribution is 2.25. The molecule has 4 nitrogen and oxygen atoms in total. The summed E-state index contributed by atoms with van der Waals surface area (Å²) in [7, 11) is -3.38. The normalized spacial score (nSPS) is 12.0. The Morgan fingerprint density at radius 2 is 2.05 bits per heavy atom. The lowest BCUT2D eigenvalue weighted by Crippen LogP contribution is -2.31. The van der Waals surface area contributed by atoms with E-state index < -0.39 is 10.0 Å². The van der Waals surface area contributed by atoms with Crippen molar-refractivity contribution in [3.63, 3.8) is 0 Å². The molecule has 0 unspecified atom stereocenters. The predicted octanol–water partition coefficient (Wildman–Crippen LogP) is 2.88. The molecule has 1 aromatic rings. The van der Waals surface area contributed by atoms with Crippen LogP contribution in [0.2, 0.25) is 0 Å². The SMILES string of the molecule is C=CCN(CCC)S(=O)(=O)c1ccc(CCNCCC)s1. The van der Waals surface area contributed by atoms with Gasteiger partial charge in [0.15, 0.2) is 0 Å². The summed E-state index contributed by atoms with van der Waals surface area (Å²) in [5, 5.41) is 3.33. The molecule has 0 aromatic carbocycles. The Morgan fingerprint density at radius 1 is 1.29 bits per heavy atom. The van der Waals surface area contributed by atoms with Crippen LogP contribution in [0.3, 0.4) is 0 Å². The standard InChI is InChI=1S/C15H26N2O2S2/c1-4-10-16-11-9-14-7-8-15(20-14)21(18,19)17(12-5-2)13-6-3/h5,7-8,16H,2,4,6,9-13H2,1,3H3. The van der Waals surface area contributed by atoms with E-state index in [0.717, 1.165) is 37.2 Å². The van der Waals surface area contributed by atoms with Crippen molar-refractivity contribution in [2.24, 2.45) is 0 Å². The van der Waals surface area contributed by atoms with Gasteiger partial charge in [-0.1, -0.05) is 19.9 Å². The van der Waals surface area contributed by atoms with Crippen molar-refractivity contribution < 1.29 is 8.42 Å².